The summed E-state index contributed by atoms with van der Waals surface area (Å²) in [5.41, 5.74) is 7.10. The van der Waals surface area contributed by atoms with Gasteiger partial charge in [0.2, 0.25) is 12.3 Å². The number of para-hydroxylation sites is 3. The summed E-state index contributed by atoms with van der Waals surface area (Å²) in [6.07, 6.45) is -3.27. The molecule has 0 spiro atoms. The smallest absolute Gasteiger partial charge is 0.254 e. The lowest BCUT2D eigenvalue weighted by Crippen LogP contribution is -2.33. The van der Waals surface area contributed by atoms with Gasteiger partial charge in [-0.3, -0.25) is 14.4 Å². The number of halogens is 10. The van der Waals surface area contributed by atoms with Gasteiger partial charge in [0, 0.05) is 75.2 Å². The Labute approximate surface area is 623 Å². The van der Waals surface area contributed by atoms with Gasteiger partial charge in [0.1, 0.15) is 95.9 Å². The van der Waals surface area contributed by atoms with E-state index in [1.165, 1.54) is 39.8 Å². The lowest BCUT2D eigenvalue weighted by Gasteiger charge is -2.20. The Morgan fingerprint density at radius 3 is 1.20 bits per heavy atom. The molecule has 0 aliphatic rings. The van der Waals surface area contributed by atoms with Crippen LogP contribution in [0, 0.1) is 45.1 Å². The number of hydrogen-bond acceptors (Lipinski definition) is 15. The molecule has 6 aromatic heterocycles. The van der Waals surface area contributed by atoms with E-state index in [9.17, 15) is 45.1 Å². The molecule has 0 saturated heterocycles. The maximum absolute atomic E-state index is 14.2. The lowest BCUT2D eigenvalue weighted by atomic mass is 10.0. The Bertz CT molecular complexity index is 5220. The van der Waals surface area contributed by atoms with Crippen LogP contribution in [0.25, 0.3) is 61.2 Å². The molecule has 0 radical (unpaired) electrons. The van der Waals surface area contributed by atoms with Crippen LogP contribution in [-0.4, -0.2) is 95.7 Å². The monoisotopic (exact) mass is 1520 g/mol. The molecule has 3 N–H and O–H groups in total. The van der Waals surface area contributed by atoms with Crippen molar-refractivity contribution < 1.29 is 63.4 Å². The first-order chi connectivity index (χ1) is 51.4. The van der Waals surface area contributed by atoms with E-state index < -0.39 is 78.4 Å². The van der Waals surface area contributed by atoms with Crippen LogP contribution in [0.15, 0.2) is 128 Å². The summed E-state index contributed by atoms with van der Waals surface area (Å²) >= 11 is 19.0. The molecule has 0 saturated carbocycles. The van der Waals surface area contributed by atoms with Crippen LogP contribution < -0.4 is 30.2 Å². The van der Waals surface area contributed by atoms with Crippen molar-refractivity contribution in [2.75, 3.05) is 0 Å². The summed E-state index contributed by atoms with van der Waals surface area (Å²) in [4.78, 5) is 62.6. The number of nitrogens with zero attached hydrogens (tertiary/aromatic N) is 12. The zero-order chi connectivity index (χ0) is 79.3. The number of aryl methyl sites for hydroxylation is 6. The second-order valence-corrected chi connectivity index (χ2v) is 25.6. The molecule has 106 heavy (non-hydrogen) atoms. The van der Waals surface area contributed by atoms with E-state index in [-0.39, 0.29) is 68.3 Å². The number of pyridine rings is 3. The fourth-order valence-electron chi connectivity index (χ4n) is 11.4. The summed E-state index contributed by atoms with van der Waals surface area (Å²) in [5.74, 6) is -1.93. The minimum atomic E-state index is -2.89. The average Bonchev–Trinajstić information content (AvgIpc) is 1.65. The van der Waals surface area contributed by atoms with E-state index >= 15 is 0 Å². The SMILES string of the molecule is [2H][C@@](C)(NC(=O)CC(F)F)c1cc(F)cc(Cl)c1COc1cccc2c(-n3ncnc3C)cc(C)nc12.[2H][C@@](C)(NC(=O)[C@@H](C)F)c1cc(F)cc(Cl)c1COc1cccc2c(-c3ncnn3C)cc(C)nc12.[2H][C@@](C)(NC(=O)[C@H](C)F)c1cc(F)cc(Cl)c1COc1cccc2c(-c3ncnn3C)cc(C)nc12. The number of rotatable bonds is 22. The minimum Gasteiger partial charge on any atom is -0.487 e. The van der Waals surface area contributed by atoms with E-state index in [2.05, 4.69) is 61.2 Å². The van der Waals surface area contributed by atoms with Crippen LogP contribution in [-0.2, 0) is 48.3 Å². The molecule has 0 unspecified atom stereocenters. The Morgan fingerprint density at radius 1 is 0.491 bits per heavy atom. The predicted octanol–water partition coefficient (Wildman–Crippen LogP) is 16.1. The van der Waals surface area contributed by atoms with E-state index in [1.807, 2.05) is 64.1 Å². The van der Waals surface area contributed by atoms with E-state index in [0.29, 0.717) is 57.0 Å². The van der Waals surface area contributed by atoms with Gasteiger partial charge in [0.15, 0.2) is 24.0 Å². The van der Waals surface area contributed by atoms with Gasteiger partial charge < -0.3 is 30.2 Å². The number of benzene rings is 6. The first-order valence-corrected chi connectivity index (χ1v) is 33.7. The van der Waals surface area contributed by atoms with Crippen molar-refractivity contribution in [1.82, 2.24) is 75.2 Å². The Kier molecular flexibility index (Phi) is 23.5. The van der Waals surface area contributed by atoms with Gasteiger partial charge in [-0.2, -0.15) is 15.3 Å². The minimum absolute atomic E-state index is 0.00942. The molecule has 5 atom stereocenters. The van der Waals surface area contributed by atoms with Crippen molar-refractivity contribution in [2.24, 2.45) is 14.1 Å². The maximum Gasteiger partial charge on any atom is 0.254 e. The third-order valence-electron chi connectivity index (χ3n) is 16.4. The Morgan fingerprint density at radius 2 is 0.849 bits per heavy atom. The van der Waals surface area contributed by atoms with Crippen molar-refractivity contribution in [1.29, 1.82) is 0 Å². The van der Waals surface area contributed by atoms with Crippen LogP contribution in [0.1, 0.15) is 119 Å². The normalized spacial score (nSPS) is 14.0. The van der Waals surface area contributed by atoms with Crippen molar-refractivity contribution in [3.63, 3.8) is 0 Å². The highest BCUT2D eigenvalue weighted by molar-refractivity contribution is 6.32. The number of fused-ring (bicyclic) bond motifs is 3. The molecule has 3 amide bonds. The highest BCUT2D eigenvalue weighted by Gasteiger charge is 2.26. The van der Waals surface area contributed by atoms with Gasteiger partial charge in [-0.15, -0.1) is 0 Å². The van der Waals surface area contributed by atoms with E-state index in [0.717, 1.165) is 94.6 Å². The molecule has 0 fully saturated rings. The number of amides is 3. The number of hydrogen-bond donors (Lipinski definition) is 3. The Hall–Kier alpha value is -10.8. The standard InChI is InChI=1S/C25H23ClF3N5O2.2C25H24ClF2N5O2/c1-13-7-21(34-15(3)30-12-31-34)17-5-4-6-22(25(17)32-13)36-11-19-18(8-16(27)9-20(19)26)14(2)33-24(35)10-23(28)29;2*1-13-8-19(24-29-12-30-33(24)4)17-6-5-7-22(23(17)31-13)35-11-20-18(9-16(28)10-21(20)26)15(3)32-25(34)14(2)27/h4-9,12,14,23H,10-11H2,1-3H3,(H,33,35);2*5-10,12,14-15H,11H2,1-4H3,(H,32,34)/t14-;14-,15+;14-,15-/m010/s1/i14D;2*15D. The van der Waals surface area contributed by atoms with Crippen molar-refractivity contribution in [2.45, 2.75) is 125 Å². The quantitative estimate of drug-likeness (QED) is 0.0534. The second kappa shape index (κ2) is 33.9. The summed E-state index contributed by atoms with van der Waals surface area (Å²) < 4.78 is 144. The van der Waals surface area contributed by atoms with Crippen molar-refractivity contribution in [3.8, 4) is 45.7 Å². The van der Waals surface area contributed by atoms with Crippen LogP contribution in [0.5, 0.6) is 17.2 Å². The third-order valence-corrected chi connectivity index (χ3v) is 17.5. The van der Waals surface area contributed by atoms with E-state index in [4.69, 9.17) is 53.1 Å². The molecule has 31 heteroatoms. The topological polar surface area (TPSA) is 246 Å². The van der Waals surface area contributed by atoms with Gasteiger partial charge in [-0.25, -0.2) is 74.7 Å². The third kappa shape index (κ3) is 18.3. The van der Waals surface area contributed by atoms with Crippen LogP contribution in [0.4, 0.5) is 30.7 Å². The molecule has 552 valence electrons. The zero-order valence-electron chi connectivity index (χ0n) is 61.8. The van der Waals surface area contributed by atoms with Crippen LogP contribution in [0.2, 0.25) is 15.1 Å². The van der Waals surface area contributed by atoms with Gasteiger partial charge in [0.05, 0.1) is 49.3 Å². The summed E-state index contributed by atoms with van der Waals surface area (Å²) in [6.45, 7) is 12.8. The largest absolute Gasteiger partial charge is 0.487 e. The number of carbonyl (C=O) groups is 3. The van der Waals surface area contributed by atoms with Crippen LogP contribution >= 0.6 is 34.8 Å². The molecule has 0 aliphatic carbocycles. The highest BCUT2D eigenvalue weighted by Crippen LogP contribution is 2.38. The Balaban J connectivity index is 0.000000174. The van der Waals surface area contributed by atoms with Gasteiger partial charge >= 0.3 is 0 Å². The molecule has 0 bridgehead atoms. The fraction of sp³-hybridized carbons (Fsp3) is 0.280. The summed E-state index contributed by atoms with van der Waals surface area (Å²) in [5, 5.41) is 21.6. The van der Waals surface area contributed by atoms with E-state index in [1.54, 1.807) is 64.5 Å². The summed E-state index contributed by atoms with van der Waals surface area (Å²) in [6, 6.07) is 22.6. The summed E-state index contributed by atoms with van der Waals surface area (Å²) in [7, 11) is 3.59. The molecule has 6 aromatic carbocycles. The fourth-order valence-corrected chi connectivity index (χ4v) is 12.2. The molecular formula is C75H71Cl3F7N15O6. The first-order valence-electron chi connectivity index (χ1n) is 34.0. The number of ether oxygens (including phenoxy) is 3. The number of carbonyl (C=O) groups excluding carboxylic acids is 3. The molecule has 12 aromatic rings. The van der Waals surface area contributed by atoms with Gasteiger partial charge in [-0.05, 0) is 152 Å². The maximum atomic E-state index is 14.2. The first kappa shape index (κ1) is 73.5. The number of nitrogens with one attached hydrogen (secondary N) is 3. The van der Waals surface area contributed by atoms with Crippen molar-refractivity contribution in [3.05, 3.63) is 217 Å². The zero-order valence-corrected chi connectivity index (χ0v) is 61.0. The number of aromatic nitrogens is 12. The molecular weight excluding hydrogens is 1450 g/mol. The molecule has 6 heterocycles. The highest BCUT2D eigenvalue weighted by atomic mass is 35.5. The molecule has 21 nitrogen and oxygen atoms in total. The molecule has 0 aliphatic heterocycles. The van der Waals surface area contributed by atoms with Crippen LogP contribution in [0.3, 0.4) is 0 Å². The number of alkyl halides is 4. The predicted molar refractivity (Wildman–Crippen MR) is 388 cm³/mol. The van der Waals surface area contributed by atoms with Gasteiger partial charge in [-0.1, -0.05) is 71.2 Å². The van der Waals surface area contributed by atoms with Gasteiger partial charge in [0.25, 0.3) is 11.8 Å². The van der Waals surface area contributed by atoms with Crippen molar-refractivity contribution >= 4 is 85.2 Å². The average molecular weight is 1520 g/mol. The lowest BCUT2D eigenvalue weighted by molar-refractivity contribution is -0.126. The molecule has 12 rings (SSSR count). The second-order valence-electron chi connectivity index (χ2n) is 24.3.